The fourth-order valence-electron chi connectivity index (χ4n) is 2.04. The molecule has 0 aliphatic carbocycles. The van der Waals surface area contributed by atoms with Gasteiger partial charge in [0.1, 0.15) is 5.82 Å². The topological polar surface area (TPSA) is 23.5 Å². The van der Waals surface area contributed by atoms with Gasteiger partial charge in [-0.15, -0.1) is 0 Å². The first-order chi connectivity index (χ1) is 9.05. The first-order valence-electron chi connectivity index (χ1n) is 6.20. The number of benzene rings is 1. The van der Waals surface area contributed by atoms with Gasteiger partial charge in [0.25, 0.3) is 0 Å². The van der Waals surface area contributed by atoms with Crippen LogP contribution in [0.1, 0.15) is 25.0 Å². The number of nitrogens with zero attached hydrogens (tertiary/aromatic N) is 1. The van der Waals surface area contributed by atoms with Gasteiger partial charge < -0.3 is 10.0 Å². The number of alkyl halides is 3. The lowest BCUT2D eigenvalue weighted by Crippen LogP contribution is -2.33. The molecule has 6 heteroatoms. The second-order valence-electron chi connectivity index (χ2n) is 5.81. The predicted molar refractivity (Wildman–Crippen MR) is 68.6 cm³/mol. The molecule has 2 nitrogen and oxygen atoms in total. The van der Waals surface area contributed by atoms with Crippen LogP contribution in [0, 0.1) is 11.2 Å². The molecule has 1 aromatic carbocycles. The van der Waals surface area contributed by atoms with E-state index in [-0.39, 0.29) is 12.0 Å². The highest BCUT2D eigenvalue weighted by Gasteiger charge is 2.33. The molecule has 0 saturated carbocycles. The minimum atomic E-state index is -4.67. The molecule has 0 aliphatic heterocycles. The van der Waals surface area contributed by atoms with Crippen molar-refractivity contribution in [2.24, 2.45) is 5.41 Å². The van der Waals surface area contributed by atoms with E-state index in [1.54, 1.807) is 7.05 Å². The molecule has 0 fully saturated rings. The van der Waals surface area contributed by atoms with Crippen LogP contribution in [0.25, 0.3) is 0 Å². The van der Waals surface area contributed by atoms with E-state index < -0.39 is 17.6 Å². The summed E-state index contributed by atoms with van der Waals surface area (Å²) in [5, 5.41) is 9.17. The van der Waals surface area contributed by atoms with Gasteiger partial charge in [-0.25, -0.2) is 4.39 Å². The number of aliphatic hydroxyl groups excluding tert-OH is 1. The van der Waals surface area contributed by atoms with Gasteiger partial charge in [-0.3, -0.25) is 0 Å². The minimum Gasteiger partial charge on any atom is -0.396 e. The van der Waals surface area contributed by atoms with Gasteiger partial charge in [-0.05, 0) is 24.7 Å². The van der Waals surface area contributed by atoms with Crippen LogP contribution in [0.15, 0.2) is 18.2 Å². The van der Waals surface area contributed by atoms with Gasteiger partial charge in [-0.1, -0.05) is 19.9 Å². The summed E-state index contributed by atoms with van der Waals surface area (Å²) in [4.78, 5) is 1.83. The Morgan fingerprint density at radius 3 is 2.25 bits per heavy atom. The maximum Gasteiger partial charge on any atom is 0.419 e. The Morgan fingerprint density at radius 1 is 1.20 bits per heavy atom. The number of halogens is 4. The average molecular weight is 293 g/mol. The Morgan fingerprint density at radius 2 is 1.80 bits per heavy atom. The molecule has 0 spiro atoms. The highest BCUT2D eigenvalue weighted by molar-refractivity contribution is 5.26. The molecule has 20 heavy (non-hydrogen) atoms. The first-order valence-corrected chi connectivity index (χ1v) is 6.20. The molecule has 0 bridgehead atoms. The third-order valence-electron chi connectivity index (χ3n) is 2.92. The highest BCUT2D eigenvalue weighted by Crippen LogP contribution is 2.31. The summed E-state index contributed by atoms with van der Waals surface area (Å²) in [6.07, 6.45) is -4.67. The van der Waals surface area contributed by atoms with E-state index in [9.17, 15) is 17.6 Å². The normalized spacial score (nSPS) is 13.1. The van der Waals surface area contributed by atoms with Crippen LogP contribution in [-0.2, 0) is 12.7 Å². The van der Waals surface area contributed by atoms with Crippen molar-refractivity contribution >= 4 is 0 Å². The maximum absolute atomic E-state index is 13.4. The fraction of sp³-hybridized carbons (Fsp3) is 0.571. The van der Waals surface area contributed by atoms with Crippen LogP contribution in [0.2, 0.25) is 0 Å². The van der Waals surface area contributed by atoms with E-state index in [0.717, 1.165) is 12.1 Å². The van der Waals surface area contributed by atoms with Gasteiger partial charge in [0, 0.05) is 25.1 Å². The van der Waals surface area contributed by atoms with Gasteiger partial charge >= 0.3 is 6.18 Å². The molecule has 0 aliphatic rings. The Labute approximate surface area is 116 Å². The molecule has 0 heterocycles. The minimum absolute atomic E-state index is 0.00128. The van der Waals surface area contributed by atoms with E-state index in [1.807, 2.05) is 18.7 Å². The summed E-state index contributed by atoms with van der Waals surface area (Å²) in [5.41, 5.74) is -1.11. The molecule has 0 unspecified atom stereocenters. The van der Waals surface area contributed by atoms with Gasteiger partial charge in [0.2, 0.25) is 0 Å². The van der Waals surface area contributed by atoms with Gasteiger partial charge in [0.15, 0.2) is 0 Å². The number of aliphatic hydroxyl groups is 1. The highest BCUT2D eigenvalue weighted by atomic mass is 19.4. The summed E-state index contributed by atoms with van der Waals surface area (Å²) in [5.74, 6) is -1.26. The molecule has 1 aromatic rings. The molecular formula is C14H19F4NO. The van der Waals surface area contributed by atoms with Crippen molar-refractivity contribution in [2.75, 3.05) is 20.2 Å². The Kier molecular flexibility index (Phi) is 5.15. The number of rotatable bonds is 5. The van der Waals surface area contributed by atoms with Crippen LogP contribution >= 0.6 is 0 Å². The van der Waals surface area contributed by atoms with Crippen molar-refractivity contribution < 1.29 is 22.7 Å². The van der Waals surface area contributed by atoms with Crippen LogP contribution in [0.4, 0.5) is 17.6 Å². The molecule has 0 amide bonds. The van der Waals surface area contributed by atoms with E-state index in [0.29, 0.717) is 18.7 Å². The second kappa shape index (κ2) is 6.10. The van der Waals surface area contributed by atoms with Crippen LogP contribution in [0.3, 0.4) is 0 Å². The predicted octanol–water partition coefficient (Wildman–Crippen LogP) is 3.29. The first kappa shape index (κ1) is 16.9. The van der Waals surface area contributed by atoms with Gasteiger partial charge in [-0.2, -0.15) is 13.2 Å². The quantitative estimate of drug-likeness (QED) is 0.842. The molecule has 1 N–H and O–H groups in total. The Balaban J connectivity index is 2.78. The standard InChI is InChI=1S/C14H19F4NO/c1-13(2,9-20)8-19(3)7-10-4-5-11(12(15)6-10)14(16,17)18/h4-6,20H,7-9H2,1-3H3. The van der Waals surface area contributed by atoms with Crippen molar-refractivity contribution in [3.63, 3.8) is 0 Å². The lowest BCUT2D eigenvalue weighted by atomic mass is 9.94. The summed E-state index contributed by atoms with van der Waals surface area (Å²) in [7, 11) is 1.77. The number of hydrogen-bond donors (Lipinski definition) is 1. The van der Waals surface area contributed by atoms with Crippen LogP contribution in [-0.4, -0.2) is 30.2 Å². The van der Waals surface area contributed by atoms with Gasteiger partial charge in [0.05, 0.1) is 5.56 Å². The molecule has 1 rings (SSSR count). The zero-order valence-electron chi connectivity index (χ0n) is 11.8. The fourth-order valence-corrected chi connectivity index (χ4v) is 2.04. The van der Waals surface area contributed by atoms with Crippen molar-refractivity contribution in [2.45, 2.75) is 26.6 Å². The van der Waals surface area contributed by atoms with Crippen LogP contribution < -0.4 is 0 Å². The zero-order chi connectivity index (χ0) is 15.6. The Hall–Kier alpha value is -1.14. The SMILES string of the molecule is CN(Cc1ccc(C(F)(F)F)c(F)c1)CC(C)(C)CO. The lowest BCUT2D eigenvalue weighted by Gasteiger charge is -2.28. The lowest BCUT2D eigenvalue weighted by molar-refractivity contribution is -0.140. The zero-order valence-corrected chi connectivity index (χ0v) is 11.8. The monoisotopic (exact) mass is 293 g/mol. The smallest absolute Gasteiger partial charge is 0.396 e. The second-order valence-corrected chi connectivity index (χ2v) is 5.81. The summed E-state index contributed by atoms with van der Waals surface area (Å²) in [6, 6.07) is 2.94. The molecule has 0 atom stereocenters. The van der Waals surface area contributed by atoms with Crippen molar-refractivity contribution in [3.05, 3.63) is 35.1 Å². The van der Waals surface area contributed by atoms with E-state index >= 15 is 0 Å². The summed E-state index contributed by atoms with van der Waals surface area (Å²) < 4.78 is 50.7. The molecule has 114 valence electrons. The van der Waals surface area contributed by atoms with E-state index in [4.69, 9.17) is 5.11 Å². The van der Waals surface area contributed by atoms with E-state index in [2.05, 4.69) is 0 Å². The largest absolute Gasteiger partial charge is 0.419 e. The molecule has 0 aromatic heterocycles. The summed E-state index contributed by atoms with van der Waals surface area (Å²) in [6.45, 7) is 4.61. The van der Waals surface area contributed by atoms with Crippen molar-refractivity contribution in [1.29, 1.82) is 0 Å². The number of hydrogen-bond acceptors (Lipinski definition) is 2. The molecule has 0 saturated heterocycles. The molecule has 0 radical (unpaired) electrons. The molecular weight excluding hydrogens is 274 g/mol. The third-order valence-corrected chi connectivity index (χ3v) is 2.92. The third kappa shape index (κ3) is 4.76. The van der Waals surface area contributed by atoms with Crippen molar-refractivity contribution in [1.82, 2.24) is 4.90 Å². The maximum atomic E-state index is 13.4. The Bertz CT molecular complexity index is 457. The van der Waals surface area contributed by atoms with E-state index in [1.165, 1.54) is 6.07 Å². The summed E-state index contributed by atoms with van der Waals surface area (Å²) >= 11 is 0. The van der Waals surface area contributed by atoms with Crippen LogP contribution in [0.5, 0.6) is 0 Å². The van der Waals surface area contributed by atoms with Crippen molar-refractivity contribution in [3.8, 4) is 0 Å². The average Bonchev–Trinajstić information content (AvgIpc) is 2.26.